The van der Waals surface area contributed by atoms with Gasteiger partial charge in [-0.2, -0.15) is 0 Å². The normalized spacial score (nSPS) is 20.2. The van der Waals surface area contributed by atoms with Gasteiger partial charge in [-0.1, -0.05) is 0 Å². The van der Waals surface area contributed by atoms with Gasteiger partial charge in [-0.05, 0) is 64.8 Å². The predicted molar refractivity (Wildman–Crippen MR) is 86.9 cm³/mol. The topological polar surface area (TPSA) is 50.8 Å². The van der Waals surface area contributed by atoms with Crippen LogP contribution >= 0.6 is 0 Å². The van der Waals surface area contributed by atoms with Crippen LogP contribution in [0.25, 0.3) is 0 Å². The number of carbonyl (C=O) groups excluding carboxylic acids is 1. The number of rotatable bonds is 7. The Hall–Kier alpha value is -0.810. The average molecular weight is 312 g/mol. The predicted octanol–water partition coefficient (Wildman–Crippen LogP) is 2.65. The SMILES string of the molecule is CC(C)(C)OC(=O)N1CCC(CNCCOCC2CC2)CC1. The highest BCUT2D eigenvalue weighted by Crippen LogP contribution is 2.28. The quantitative estimate of drug-likeness (QED) is 0.734. The minimum Gasteiger partial charge on any atom is -0.444 e. The third-order valence-corrected chi connectivity index (χ3v) is 4.17. The Morgan fingerprint density at radius 3 is 2.41 bits per heavy atom. The first-order valence-corrected chi connectivity index (χ1v) is 8.70. The van der Waals surface area contributed by atoms with Gasteiger partial charge in [0.2, 0.25) is 0 Å². The van der Waals surface area contributed by atoms with Crippen molar-refractivity contribution in [2.45, 2.75) is 52.1 Å². The van der Waals surface area contributed by atoms with Crippen molar-refractivity contribution in [2.75, 3.05) is 39.4 Å². The van der Waals surface area contributed by atoms with E-state index in [4.69, 9.17) is 9.47 Å². The van der Waals surface area contributed by atoms with Crippen LogP contribution in [0.4, 0.5) is 4.79 Å². The molecular weight excluding hydrogens is 280 g/mol. The molecule has 5 heteroatoms. The molecule has 0 bridgehead atoms. The van der Waals surface area contributed by atoms with Gasteiger partial charge in [0.25, 0.3) is 0 Å². The minimum atomic E-state index is -0.407. The molecule has 22 heavy (non-hydrogen) atoms. The lowest BCUT2D eigenvalue weighted by atomic mass is 9.97. The largest absolute Gasteiger partial charge is 0.444 e. The van der Waals surface area contributed by atoms with Crippen LogP contribution < -0.4 is 5.32 Å². The van der Waals surface area contributed by atoms with Gasteiger partial charge in [0.15, 0.2) is 0 Å². The van der Waals surface area contributed by atoms with Crippen molar-refractivity contribution in [1.82, 2.24) is 10.2 Å². The molecule has 0 spiro atoms. The minimum absolute atomic E-state index is 0.174. The third-order valence-electron chi connectivity index (χ3n) is 4.17. The highest BCUT2D eigenvalue weighted by Gasteiger charge is 2.26. The molecule has 1 aliphatic carbocycles. The number of amides is 1. The summed E-state index contributed by atoms with van der Waals surface area (Å²) in [5.74, 6) is 1.50. The molecule has 2 fully saturated rings. The molecule has 1 N–H and O–H groups in total. The number of carbonyl (C=O) groups is 1. The Morgan fingerprint density at radius 1 is 1.14 bits per heavy atom. The van der Waals surface area contributed by atoms with Crippen molar-refractivity contribution in [3.05, 3.63) is 0 Å². The first kappa shape index (κ1) is 17.5. The molecule has 0 unspecified atom stereocenters. The number of piperidine rings is 1. The molecule has 1 saturated carbocycles. The molecule has 0 aromatic rings. The Morgan fingerprint density at radius 2 is 1.82 bits per heavy atom. The fraction of sp³-hybridized carbons (Fsp3) is 0.941. The number of nitrogens with one attached hydrogen (secondary N) is 1. The Bertz CT molecular complexity index is 342. The van der Waals surface area contributed by atoms with E-state index in [0.717, 1.165) is 58.2 Å². The molecule has 0 aromatic carbocycles. The van der Waals surface area contributed by atoms with E-state index in [0.29, 0.717) is 5.92 Å². The van der Waals surface area contributed by atoms with Crippen molar-refractivity contribution >= 4 is 6.09 Å². The summed E-state index contributed by atoms with van der Waals surface area (Å²) < 4.78 is 11.0. The fourth-order valence-electron chi connectivity index (χ4n) is 2.63. The highest BCUT2D eigenvalue weighted by atomic mass is 16.6. The maximum Gasteiger partial charge on any atom is 0.410 e. The fourth-order valence-corrected chi connectivity index (χ4v) is 2.63. The lowest BCUT2D eigenvalue weighted by molar-refractivity contribution is 0.0183. The van der Waals surface area contributed by atoms with Crippen molar-refractivity contribution in [3.8, 4) is 0 Å². The van der Waals surface area contributed by atoms with E-state index in [1.54, 1.807) is 0 Å². The summed E-state index contributed by atoms with van der Waals surface area (Å²) in [7, 11) is 0. The van der Waals surface area contributed by atoms with Crippen LogP contribution in [0.5, 0.6) is 0 Å². The van der Waals surface area contributed by atoms with Crippen LogP contribution in [0.3, 0.4) is 0 Å². The maximum absolute atomic E-state index is 12.0. The zero-order chi connectivity index (χ0) is 16.0. The summed E-state index contributed by atoms with van der Waals surface area (Å²) in [6, 6.07) is 0. The van der Waals surface area contributed by atoms with Crippen LogP contribution in [-0.4, -0.2) is 56.0 Å². The van der Waals surface area contributed by atoms with Gasteiger partial charge in [0.05, 0.1) is 6.61 Å². The van der Waals surface area contributed by atoms with Gasteiger partial charge >= 0.3 is 6.09 Å². The van der Waals surface area contributed by atoms with E-state index in [9.17, 15) is 4.79 Å². The van der Waals surface area contributed by atoms with Gasteiger partial charge in [-0.15, -0.1) is 0 Å². The van der Waals surface area contributed by atoms with Gasteiger partial charge in [-0.3, -0.25) is 0 Å². The van der Waals surface area contributed by atoms with E-state index in [1.807, 2.05) is 25.7 Å². The maximum atomic E-state index is 12.0. The van der Waals surface area contributed by atoms with Crippen molar-refractivity contribution in [3.63, 3.8) is 0 Å². The zero-order valence-corrected chi connectivity index (χ0v) is 14.4. The lowest BCUT2D eigenvalue weighted by Crippen LogP contribution is -2.43. The van der Waals surface area contributed by atoms with Crippen LogP contribution in [0, 0.1) is 11.8 Å². The smallest absolute Gasteiger partial charge is 0.410 e. The Balaban J connectivity index is 1.50. The van der Waals surface area contributed by atoms with Crippen molar-refractivity contribution in [2.24, 2.45) is 11.8 Å². The van der Waals surface area contributed by atoms with Crippen molar-refractivity contribution < 1.29 is 14.3 Å². The molecule has 0 radical (unpaired) electrons. The summed E-state index contributed by atoms with van der Waals surface area (Å²) in [5.41, 5.74) is -0.407. The van der Waals surface area contributed by atoms with E-state index < -0.39 is 5.60 Å². The van der Waals surface area contributed by atoms with Gasteiger partial charge in [0, 0.05) is 26.2 Å². The summed E-state index contributed by atoms with van der Waals surface area (Å²) in [6.45, 7) is 11.0. The van der Waals surface area contributed by atoms with Gasteiger partial charge in [0.1, 0.15) is 5.60 Å². The Labute approximate surface area is 134 Å². The molecular formula is C17H32N2O3. The molecule has 128 valence electrons. The summed E-state index contributed by atoms with van der Waals surface area (Å²) in [6.07, 6.45) is 4.63. The molecule has 5 nitrogen and oxygen atoms in total. The van der Waals surface area contributed by atoms with E-state index >= 15 is 0 Å². The second-order valence-electron chi connectivity index (χ2n) is 7.63. The summed E-state index contributed by atoms with van der Waals surface area (Å²) >= 11 is 0. The van der Waals surface area contributed by atoms with E-state index in [1.165, 1.54) is 12.8 Å². The van der Waals surface area contributed by atoms with Gasteiger partial charge < -0.3 is 19.7 Å². The molecule has 2 aliphatic rings. The molecule has 1 aliphatic heterocycles. The van der Waals surface area contributed by atoms with Crippen LogP contribution in [-0.2, 0) is 9.47 Å². The zero-order valence-electron chi connectivity index (χ0n) is 14.4. The van der Waals surface area contributed by atoms with Crippen LogP contribution in [0.15, 0.2) is 0 Å². The number of ether oxygens (including phenoxy) is 2. The second-order valence-corrected chi connectivity index (χ2v) is 7.63. The summed E-state index contributed by atoms with van der Waals surface area (Å²) in [5, 5.41) is 3.47. The number of hydrogen-bond donors (Lipinski definition) is 1. The number of nitrogens with zero attached hydrogens (tertiary/aromatic N) is 1. The van der Waals surface area contributed by atoms with Crippen LogP contribution in [0.1, 0.15) is 46.5 Å². The molecule has 0 atom stereocenters. The average Bonchev–Trinajstić information content (AvgIpc) is 3.25. The molecule has 1 amide bonds. The standard InChI is InChI=1S/C17H32N2O3/c1-17(2,3)22-16(20)19-9-6-14(7-10-19)12-18-8-11-21-13-15-4-5-15/h14-15,18H,4-13H2,1-3H3. The number of hydrogen-bond acceptors (Lipinski definition) is 4. The van der Waals surface area contributed by atoms with E-state index in [2.05, 4.69) is 5.32 Å². The first-order chi connectivity index (χ1) is 10.4. The highest BCUT2D eigenvalue weighted by molar-refractivity contribution is 5.68. The molecule has 1 saturated heterocycles. The number of likely N-dealkylation sites (tertiary alicyclic amines) is 1. The monoisotopic (exact) mass is 312 g/mol. The lowest BCUT2D eigenvalue weighted by Gasteiger charge is -2.33. The second kappa shape index (κ2) is 8.16. The van der Waals surface area contributed by atoms with E-state index in [-0.39, 0.29) is 6.09 Å². The van der Waals surface area contributed by atoms with Gasteiger partial charge in [-0.25, -0.2) is 4.79 Å². The van der Waals surface area contributed by atoms with Crippen LogP contribution in [0.2, 0.25) is 0 Å². The molecule has 2 rings (SSSR count). The van der Waals surface area contributed by atoms with Crippen molar-refractivity contribution in [1.29, 1.82) is 0 Å². The Kier molecular flexibility index (Phi) is 6.50. The first-order valence-electron chi connectivity index (χ1n) is 8.70. The molecule has 1 heterocycles. The summed E-state index contributed by atoms with van der Waals surface area (Å²) in [4.78, 5) is 13.8. The third kappa shape index (κ3) is 6.97. The molecule has 0 aromatic heterocycles.